The van der Waals surface area contributed by atoms with Crippen LogP contribution in [0.5, 0.6) is 0 Å². The van der Waals surface area contributed by atoms with Gasteiger partial charge in [0.15, 0.2) is 0 Å². The minimum absolute atomic E-state index is 1.24. The molecule has 0 radical (unpaired) electrons. The van der Waals surface area contributed by atoms with Crippen LogP contribution in [0.3, 0.4) is 0 Å². The van der Waals surface area contributed by atoms with Crippen LogP contribution >= 0.6 is 0 Å². The quantitative estimate of drug-likeness (QED) is 0.146. The number of hydrogen-bond donors (Lipinski definition) is 0. The normalized spacial score (nSPS) is 11.4. The maximum atomic E-state index is 2.36. The zero-order valence-corrected chi connectivity index (χ0v) is 42.5. The number of fused-ring (bicyclic) bond motifs is 6. The summed E-state index contributed by atoms with van der Waals surface area (Å²) in [5.41, 5.74) is 19.1. The van der Waals surface area contributed by atoms with Crippen LogP contribution in [-0.4, -0.2) is 0 Å². The summed E-state index contributed by atoms with van der Waals surface area (Å²) in [7, 11) is 0. The van der Waals surface area contributed by atoms with Crippen molar-refractivity contribution in [1.82, 2.24) is 0 Å². The van der Waals surface area contributed by atoms with E-state index in [9.17, 15) is 0 Å². The average Bonchev–Trinajstić information content (AvgIpc) is 3.47. The second-order valence-electron chi connectivity index (χ2n) is 20.1. The molecule has 14 aromatic carbocycles. The molecule has 0 fully saturated rings. The minimum Gasteiger partial charge on any atom is -0.0622 e. The van der Waals surface area contributed by atoms with Crippen LogP contribution in [-0.2, 0) is 0 Å². The molecular formula is C75H54. The van der Waals surface area contributed by atoms with E-state index in [0.717, 1.165) is 0 Å². The van der Waals surface area contributed by atoms with Crippen molar-refractivity contribution < 1.29 is 0 Å². The van der Waals surface area contributed by atoms with Gasteiger partial charge in [0, 0.05) is 0 Å². The van der Waals surface area contributed by atoms with Gasteiger partial charge < -0.3 is 0 Å². The fraction of sp³-hybridized carbons (Fsp3) is 0.0400. The standard InChI is InChI=1S/C38H28.C37H26/c1-25-21-26(2)23-30(22-25)37-31-14-6-8-16-33(31)38(34-17-9-7-15-32(34)37)35-18-10-13-28-19-20-29(24-36(28)35)27-11-4-3-5-12-27;1-25-18-20-28(21-19-25)36-30-13-5-7-15-32(30)37(33-16-8-6-14-31(33)36)34-17-9-12-27-22-23-29(24-35(27)34)26-10-3-2-4-11-26/h3-24H,1-2H3;2-24H,1H3. The molecule has 0 saturated carbocycles. The summed E-state index contributed by atoms with van der Waals surface area (Å²) in [5.74, 6) is 0. The molecule has 354 valence electrons. The smallest absolute Gasteiger partial charge is 0.00201 e. The van der Waals surface area contributed by atoms with Gasteiger partial charge in [-0.1, -0.05) is 278 Å². The zero-order valence-electron chi connectivity index (χ0n) is 42.5. The highest BCUT2D eigenvalue weighted by Crippen LogP contribution is 2.48. The fourth-order valence-electron chi connectivity index (χ4n) is 11.9. The molecule has 14 aromatic rings. The lowest BCUT2D eigenvalue weighted by atomic mass is 9.84. The van der Waals surface area contributed by atoms with Crippen molar-refractivity contribution in [3.8, 4) is 66.8 Å². The van der Waals surface area contributed by atoms with Gasteiger partial charge in [-0.25, -0.2) is 0 Å². The summed E-state index contributed by atoms with van der Waals surface area (Å²) < 4.78 is 0. The van der Waals surface area contributed by atoms with Gasteiger partial charge >= 0.3 is 0 Å². The molecule has 14 rings (SSSR count). The minimum atomic E-state index is 1.24. The average molecular weight is 955 g/mol. The first kappa shape index (κ1) is 45.5. The van der Waals surface area contributed by atoms with E-state index in [0.29, 0.717) is 0 Å². The number of hydrogen-bond acceptors (Lipinski definition) is 0. The molecule has 0 aromatic heterocycles. The Morgan fingerprint density at radius 2 is 0.507 bits per heavy atom. The molecule has 0 spiro atoms. The van der Waals surface area contributed by atoms with Crippen molar-refractivity contribution in [2.75, 3.05) is 0 Å². The first-order valence-corrected chi connectivity index (χ1v) is 26.1. The van der Waals surface area contributed by atoms with Crippen molar-refractivity contribution in [2.24, 2.45) is 0 Å². The molecule has 0 aliphatic heterocycles. The van der Waals surface area contributed by atoms with Gasteiger partial charge in [-0.3, -0.25) is 0 Å². The number of benzene rings is 14. The fourth-order valence-corrected chi connectivity index (χ4v) is 11.9. The van der Waals surface area contributed by atoms with Crippen molar-refractivity contribution in [1.29, 1.82) is 0 Å². The third kappa shape index (κ3) is 8.32. The van der Waals surface area contributed by atoms with Crippen LogP contribution in [0.4, 0.5) is 0 Å². The summed E-state index contributed by atoms with van der Waals surface area (Å²) >= 11 is 0. The third-order valence-electron chi connectivity index (χ3n) is 15.2. The van der Waals surface area contributed by atoms with E-state index in [2.05, 4.69) is 294 Å². The van der Waals surface area contributed by atoms with Crippen molar-refractivity contribution in [3.63, 3.8) is 0 Å². The first-order chi connectivity index (χ1) is 36.9. The Balaban J connectivity index is 0.000000144. The molecule has 0 aliphatic rings. The van der Waals surface area contributed by atoms with Crippen molar-refractivity contribution in [2.45, 2.75) is 20.8 Å². The van der Waals surface area contributed by atoms with E-state index in [1.807, 2.05) is 0 Å². The van der Waals surface area contributed by atoms with Gasteiger partial charge in [-0.2, -0.15) is 0 Å². The molecule has 0 bridgehead atoms. The molecular weight excluding hydrogens is 901 g/mol. The molecule has 0 nitrogen and oxygen atoms in total. The van der Waals surface area contributed by atoms with Crippen LogP contribution in [0.25, 0.3) is 131 Å². The molecule has 0 unspecified atom stereocenters. The second-order valence-corrected chi connectivity index (χ2v) is 20.1. The van der Waals surface area contributed by atoms with E-state index >= 15 is 0 Å². The number of aryl methyl sites for hydroxylation is 3. The second kappa shape index (κ2) is 19.2. The Kier molecular flexibility index (Phi) is 11.7. The highest BCUT2D eigenvalue weighted by molar-refractivity contribution is 6.25. The predicted octanol–water partition coefficient (Wildman–Crippen LogP) is 21.2. The third-order valence-corrected chi connectivity index (χ3v) is 15.2. The lowest BCUT2D eigenvalue weighted by molar-refractivity contribution is 1.39. The Bertz CT molecular complexity index is 4330. The number of rotatable bonds is 6. The van der Waals surface area contributed by atoms with Crippen molar-refractivity contribution >= 4 is 64.6 Å². The maximum Gasteiger partial charge on any atom is -0.00201 e. The Labute approximate surface area is 439 Å². The van der Waals surface area contributed by atoms with Crippen LogP contribution in [0.2, 0.25) is 0 Å². The van der Waals surface area contributed by atoms with Gasteiger partial charge in [0.25, 0.3) is 0 Å². The highest BCUT2D eigenvalue weighted by atomic mass is 14.2. The maximum absolute atomic E-state index is 2.36. The topological polar surface area (TPSA) is 0 Å². The molecule has 0 heteroatoms. The Morgan fingerprint density at radius 1 is 0.173 bits per heavy atom. The van der Waals surface area contributed by atoms with E-state index < -0.39 is 0 Å². The lowest BCUT2D eigenvalue weighted by Crippen LogP contribution is -1.92. The van der Waals surface area contributed by atoms with Gasteiger partial charge in [0.2, 0.25) is 0 Å². The molecule has 0 saturated heterocycles. The summed E-state index contributed by atoms with van der Waals surface area (Å²) in [6.45, 7) is 6.53. The summed E-state index contributed by atoms with van der Waals surface area (Å²) in [4.78, 5) is 0. The SMILES string of the molecule is Cc1cc(C)cc(-c2c3ccccc3c(-c3cccc4ccc(-c5ccccc5)cc34)c3ccccc23)c1.Cc1ccc(-c2c3ccccc3c(-c3cccc4ccc(-c5ccccc5)cc34)c3ccccc23)cc1. The molecule has 0 heterocycles. The van der Waals surface area contributed by atoms with Gasteiger partial charge in [-0.15, -0.1) is 0 Å². The molecule has 0 N–H and O–H groups in total. The largest absolute Gasteiger partial charge is 0.0622 e. The summed E-state index contributed by atoms with van der Waals surface area (Å²) in [5, 5.41) is 15.4. The van der Waals surface area contributed by atoms with Crippen LogP contribution in [0.15, 0.2) is 273 Å². The molecule has 0 amide bonds. The van der Waals surface area contributed by atoms with Gasteiger partial charge in [0.1, 0.15) is 0 Å². The Morgan fingerprint density at radius 3 is 0.893 bits per heavy atom. The van der Waals surface area contributed by atoms with E-state index in [1.54, 1.807) is 0 Å². The predicted molar refractivity (Wildman–Crippen MR) is 325 cm³/mol. The monoisotopic (exact) mass is 954 g/mol. The summed E-state index contributed by atoms with van der Waals surface area (Å²) in [6, 6.07) is 99.9. The zero-order chi connectivity index (χ0) is 50.4. The van der Waals surface area contributed by atoms with E-state index in [1.165, 1.54) is 148 Å². The lowest BCUT2D eigenvalue weighted by Gasteiger charge is -2.19. The highest BCUT2D eigenvalue weighted by Gasteiger charge is 2.20. The van der Waals surface area contributed by atoms with Gasteiger partial charge in [-0.05, 0) is 164 Å². The van der Waals surface area contributed by atoms with Crippen molar-refractivity contribution in [3.05, 3.63) is 290 Å². The molecule has 75 heavy (non-hydrogen) atoms. The first-order valence-electron chi connectivity index (χ1n) is 26.1. The molecule has 0 aliphatic carbocycles. The van der Waals surface area contributed by atoms with Crippen LogP contribution < -0.4 is 0 Å². The van der Waals surface area contributed by atoms with E-state index in [-0.39, 0.29) is 0 Å². The Hall–Kier alpha value is -9.36. The summed E-state index contributed by atoms with van der Waals surface area (Å²) in [6.07, 6.45) is 0. The van der Waals surface area contributed by atoms with Crippen LogP contribution in [0.1, 0.15) is 16.7 Å². The van der Waals surface area contributed by atoms with E-state index in [4.69, 9.17) is 0 Å². The van der Waals surface area contributed by atoms with Crippen LogP contribution in [0, 0.1) is 20.8 Å². The molecule has 0 atom stereocenters. The van der Waals surface area contributed by atoms with Gasteiger partial charge in [0.05, 0.1) is 0 Å².